The second-order valence-electron chi connectivity index (χ2n) is 8.08. The Kier molecular flexibility index (Phi) is 9.41. The van der Waals surface area contributed by atoms with Gasteiger partial charge in [-0.05, 0) is 70.8 Å². The molecular formula is C24H31BrF4O3Si. The lowest BCUT2D eigenvalue weighted by atomic mass is 9.87. The first-order chi connectivity index (χ1) is 15.5. The van der Waals surface area contributed by atoms with Gasteiger partial charge in [-0.15, -0.1) is 0 Å². The fraction of sp³-hybridized carbons (Fsp3) is 0.500. The van der Waals surface area contributed by atoms with Gasteiger partial charge in [-0.25, -0.2) is 17.6 Å². The summed E-state index contributed by atoms with van der Waals surface area (Å²) in [5, 5.41) is 0. The minimum atomic E-state index is -3.39. The molecule has 0 bridgehead atoms. The van der Waals surface area contributed by atoms with Crippen molar-refractivity contribution in [3.05, 3.63) is 58.1 Å². The molecular weight excluding hydrogens is 520 g/mol. The molecule has 0 heterocycles. The van der Waals surface area contributed by atoms with E-state index in [1.807, 2.05) is 20.8 Å². The number of hydrogen-bond donors (Lipinski definition) is 0. The first kappa shape index (κ1) is 27.7. The quantitative estimate of drug-likeness (QED) is 0.197. The molecule has 184 valence electrons. The summed E-state index contributed by atoms with van der Waals surface area (Å²) in [5.74, 6) is -4.78. The summed E-state index contributed by atoms with van der Waals surface area (Å²) in [4.78, 5) is 0. The van der Waals surface area contributed by atoms with E-state index in [-0.39, 0.29) is 21.5 Å². The Bertz CT molecular complexity index is 914. The van der Waals surface area contributed by atoms with Crippen LogP contribution in [0.2, 0.25) is 18.1 Å². The summed E-state index contributed by atoms with van der Waals surface area (Å²) in [6.07, 6.45) is -0.738. The molecule has 0 radical (unpaired) electrons. The van der Waals surface area contributed by atoms with E-state index in [1.165, 1.54) is 38.3 Å². The Balaban J connectivity index is 2.38. The van der Waals surface area contributed by atoms with E-state index in [1.54, 1.807) is 0 Å². The molecule has 33 heavy (non-hydrogen) atoms. The summed E-state index contributed by atoms with van der Waals surface area (Å²) in [6, 6.07) is 9.91. The van der Waals surface area contributed by atoms with E-state index in [2.05, 4.69) is 15.9 Å². The molecule has 0 spiro atoms. The molecule has 9 heteroatoms. The average Bonchev–Trinajstić information content (AvgIpc) is 2.80. The van der Waals surface area contributed by atoms with Gasteiger partial charge in [0.05, 0.1) is 18.2 Å². The highest BCUT2D eigenvalue weighted by Gasteiger charge is 2.55. The van der Waals surface area contributed by atoms with Crippen molar-refractivity contribution in [1.29, 1.82) is 0 Å². The second-order valence-corrected chi connectivity index (χ2v) is 13.6. The molecule has 1 atom stereocenters. The minimum Gasteiger partial charge on any atom is -0.493 e. The monoisotopic (exact) mass is 550 g/mol. The first-order valence-corrected chi connectivity index (χ1v) is 14.3. The van der Waals surface area contributed by atoms with Crippen LogP contribution in [0.25, 0.3) is 0 Å². The Morgan fingerprint density at radius 3 is 2.03 bits per heavy atom. The largest absolute Gasteiger partial charge is 0.493 e. The summed E-state index contributed by atoms with van der Waals surface area (Å²) in [5.41, 5.74) is -1.81. The Morgan fingerprint density at radius 2 is 1.52 bits per heavy atom. The van der Waals surface area contributed by atoms with Gasteiger partial charge in [0, 0.05) is 6.42 Å². The standard InChI is InChI=1S/C24H31BrF4O3Si/c1-6-33(7-2,8-3)32-23(4,17-9-11-18(26)12-10-17)24(28,29)15-16-31-22-20(30-5)14-13-19(25)21(22)27/h9-14H,6-8,15-16H2,1-5H3. The number of hydrogen-bond acceptors (Lipinski definition) is 3. The third-order valence-corrected chi connectivity index (χ3v) is 11.7. The number of ether oxygens (including phenoxy) is 2. The highest BCUT2D eigenvalue weighted by Crippen LogP contribution is 2.47. The summed E-state index contributed by atoms with van der Waals surface area (Å²) in [7, 11) is -1.15. The van der Waals surface area contributed by atoms with Crippen LogP contribution >= 0.6 is 15.9 Å². The Morgan fingerprint density at radius 1 is 0.939 bits per heavy atom. The van der Waals surface area contributed by atoms with Crippen molar-refractivity contribution in [2.75, 3.05) is 13.7 Å². The van der Waals surface area contributed by atoms with Gasteiger partial charge in [0.25, 0.3) is 5.92 Å². The Labute approximate surface area is 202 Å². The van der Waals surface area contributed by atoms with Gasteiger partial charge in [-0.3, -0.25) is 0 Å². The van der Waals surface area contributed by atoms with Crippen molar-refractivity contribution in [3.8, 4) is 11.5 Å². The molecule has 0 aliphatic carbocycles. The van der Waals surface area contributed by atoms with Crippen molar-refractivity contribution in [2.45, 2.75) is 63.8 Å². The van der Waals surface area contributed by atoms with Crippen molar-refractivity contribution in [1.82, 2.24) is 0 Å². The van der Waals surface area contributed by atoms with Crippen LogP contribution in [0, 0.1) is 11.6 Å². The number of benzene rings is 2. The molecule has 3 nitrogen and oxygen atoms in total. The van der Waals surface area contributed by atoms with Gasteiger partial charge in [-0.2, -0.15) is 0 Å². The van der Waals surface area contributed by atoms with Crippen molar-refractivity contribution in [3.63, 3.8) is 0 Å². The molecule has 0 saturated carbocycles. The summed E-state index contributed by atoms with van der Waals surface area (Å²) >= 11 is 3.06. The van der Waals surface area contributed by atoms with Crippen LogP contribution in [0.15, 0.2) is 40.9 Å². The third-order valence-electron chi connectivity index (χ3n) is 6.34. The SMILES string of the molecule is CC[Si](CC)(CC)OC(C)(c1ccc(F)cc1)C(F)(F)CCOc1c(OC)ccc(Br)c1F. The number of methoxy groups -OCH3 is 1. The fourth-order valence-corrected chi connectivity index (χ4v) is 7.22. The summed E-state index contributed by atoms with van der Waals surface area (Å²) < 4.78 is 76.7. The van der Waals surface area contributed by atoms with Crippen LogP contribution in [-0.4, -0.2) is 28.0 Å². The fourth-order valence-electron chi connectivity index (χ4n) is 3.84. The van der Waals surface area contributed by atoms with Crippen molar-refractivity contribution < 1.29 is 31.5 Å². The van der Waals surface area contributed by atoms with E-state index < -0.39 is 44.5 Å². The lowest BCUT2D eigenvalue weighted by Gasteiger charge is -2.45. The Hall–Kier alpha value is -1.58. The first-order valence-electron chi connectivity index (χ1n) is 11.0. The molecule has 0 saturated heterocycles. The van der Waals surface area contributed by atoms with Crippen LogP contribution in [0.1, 0.15) is 39.7 Å². The highest BCUT2D eigenvalue weighted by molar-refractivity contribution is 9.10. The maximum atomic E-state index is 15.9. The van der Waals surface area contributed by atoms with Crippen molar-refractivity contribution >= 4 is 24.2 Å². The predicted octanol–water partition coefficient (Wildman–Crippen LogP) is 8.08. The molecule has 0 aromatic heterocycles. The average molecular weight is 551 g/mol. The van der Waals surface area contributed by atoms with Crippen LogP contribution < -0.4 is 9.47 Å². The lowest BCUT2D eigenvalue weighted by Crippen LogP contribution is -2.53. The van der Waals surface area contributed by atoms with Gasteiger partial charge in [0.15, 0.2) is 25.6 Å². The molecule has 0 amide bonds. The maximum Gasteiger partial charge on any atom is 0.282 e. The smallest absolute Gasteiger partial charge is 0.282 e. The zero-order valence-electron chi connectivity index (χ0n) is 19.6. The molecule has 2 rings (SSSR count). The number of alkyl halides is 2. The summed E-state index contributed by atoms with van der Waals surface area (Å²) in [6.45, 7) is 6.73. The van der Waals surface area contributed by atoms with E-state index >= 15 is 8.78 Å². The third kappa shape index (κ3) is 5.92. The molecule has 0 N–H and O–H groups in total. The van der Waals surface area contributed by atoms with Crippen LogP contribution in [0.5, 0.6) is 11.5 Å². The van der Waals surface area contributed by atoms with Gasteiger partial charge < -0.3 is 13.9 Å². The molecule has 2 aromatic carbocycles. The molecule has 1 unspecified atom stereocenters. The van der Waals surface area contributed by atoms with E-state index in [0.717, 1.165) is 12.1 Å². The second kappa shape index (κ2) is 11.2. The van der Waals surface area contributed by atoms with Gasteiger partial charge in [-0.1, -0.05) is 32.9 Å². The van der Waals surface area contributed by atoms with Crippen molar-refractivity contribution in [2.24, 2.45) is 0 Å². The zero-order chi connectivity index (χ0) is 24.9. The van der Waals surface area contributed by atoms with Gasteiger partial charge in [0.1, 0.15) is 11.4 Å². The molecule has 0 aliphatic heterocycles. The van der Waals surface area contributed by atoms with Crippen LogP contribution in [-0.2, 0) is 10.0 Å². The topological polar surface area (TPSA) is 27.7 Å². The molecule has 0 aliphatic rings. The number of halogens is 5. The lowest BCUT2D eigenvalue weighted by molar-refractivity contribution is -0.175. The van der Waals surface area contributed by atoms with Crippen LogP contribution in [0.3, 0.4) is 0 Å². The zero-order valence-corrected chi connectivity index (χ0v) is 22.2. The predicted molar refractivity (Wildman–Crippen MR) is 128 cm³/mol. The van der Waals surface area contributed by atoms with Gasteiger partial charge >= 0.3 is 0 Å². The minimum absolute atomic E-state index is 0.103. The maximum absolute atomic E-state index is 15.9. The van der Waals surface area contributed by atoms with Gasteiger partial charge in [0.2, 0.25) is 0 Å². The van der Waals surface area contributed by atoms with Crippen LogP contribution in [0.4, 0.5) is 17.6 Å². The molecule has 2 aromatic rings. The van der Waals surface area contributed by atoms with E-state index in [4.69, 9.17) is 13.9 Å². The normalized spacial score (nSPS) is 14.1. The number of rotatable bonds is 12. The molecule has 0 fully saturated rings. The van der Waals surface area contributed by atoms with E-state index in [0.29, 0.717) is 18.1 Å². The highest BCUT2D eigenvalue weighted by atomic mass is 79.9. The van der Waals surface area contributed by atoms with E-state index in [9.17, 15) is 8.78 Å².